The van der Waals surface area contributed by atoms with Gasteiger partial charge in [0.1, 0.15) is 0 Å². The summed E-state index contributed by atoms with van der Waals surface area (Å²) in [7, 11) is 0. The fraction of sp³-hybridized carbons (Fsp3) is 0.0727. The van der Waals surface area contributed by atoms with Crippen molar-refractivity contribution in [2.75, 3.05) is 0 Å². The highest BCUT2D eigenvalue weighted by Crippen LogP contribution is 2.39. The summed E-state index contributed by atoms with van der Waals surface area (Å²) in [5.41, 5.74) is 17.6. The molecular weight excluding hydrogens is 703 g/mol. The zero-order chi connectivity index (χ0) is 38.7. The van der Waals surface area contributed by atoms with Gasteiger partial charge in [0.15, 0.2) is 0 Å². The summed E-state index contributed by atoms with van der Waals surface area (Å²) in [5, 5.41) is 0. The predicted octanol–water partition coefficient (Wildman–Crippen LogP) is 13.7. The van der Waals surface area contributed by atoms with Gasteiger partial charge in [0, 0.05) is 39.8 Å². The number of benzene rings is 5. The molecule has 0 radical (unpaired) electrons. The van der Waals surface area contributed by atoms with Crippen LogP contribution in [0.3, 0.4) is 0 Å². The van der Waals surface area contributed by atoms with Crippen molar-refractivity contribution in [1.82, 2.24) is 9.97 Å². The number of nitrogens with zero attached hydrogens (tertiary/aromatic N) is 3. The topological polar surface area (TPSA) is 38.1 Å². The lowest BCUT2D eigenvalue weighted by atomic mass is 9.80. The first kappa shape index (κ1) is 35.2. The Bertz CT molecular complexity index is 2680. The third-order valence-corrected chi connectivity index (χ3v) is 11.3. The van der Waals surface area contributed by atoms with Crippen molar-refractivity contribution in [3.8, 4) is 56.0 Å². The van der Waals surface area contributed by atoms with E-state index in [4.69, 9.17) is 15.0 Å². The van der Waals surface area contributed by atoms with Crippen molar-refractivity contribution in [2.24, 2.45) is 16.8 Å². The first-order valence-corrected chi connectivity index (χ1v) is 20.1. The molecule has 0 fully saturated rings. The highest BCUT2D eigenvalue weighted by Gasteiger charge is 2.27. The quantitative estimate of drug-likeness (QED) is 0.155. The van der Waals surface area contributed by atoms with Crippen LogP contribution in [0.4, 0.5) is 0 Å². The summed E-state index contributed by atoms with van der Waals surface area (Å²) in [6.45, 7) is 0. The van der Waals surface area contributed by atoms with E-state index in [0.717, 1.165) is 91.5 Å². The van der Waals surface area contributed by atoms with Gasteiger partial charge in [-0.1, -0.05) is 188 Å². The van der Waals surface area contributed by atoms with E-state index in [-0.39, 0.29) is 5.92 Å². The normalized spacial score (nSPS) is 17.1. The summed E-state index contributed by atoms with van der Waals surface area (Å²) in [6, 6.07) is 59.7. The number of allylic oxidation sites excluding steroid dienone is 9. The van der Waals surface area contributed by atoms with Crippen LogP contribution in [-0.2, 0) is 0 Å². The van der Waals surface area contributed by atoms with Gasteiger partial charge in [0.05, 0.1) is 28.5 Å². The van der Waals surface area contributed by atoms with Gasteiger partial charge < -0.3 is 0 Å². The lowest BCUT2D eigenvalue weighted by Crippen LogP contribution is -2.21. The molecule has 3 heterocycles. The molecule has 0 N–H and O–H groups in total. The Labute approximate surface area is 340 Å². The molecule has 1 aliphatic heterocycles. The summed E-state index contributed by atoms with van der Waals surface area (Å²) in [4.78, 5) is 15.7. The highest BCUT2D eigenvalue weighted by molar-refractivity contribution is 6.14. The minimum Gasteiger partial charge on any atom is -0.252 e. The number of hydrogen-bond acceptors (Lipinski definition) is 3. The molecule has 0 saturated heterocycles. The molecule has 5 aromatic carbocycles. The SMILES string of the molecule is C1=CCC2C=C(C3C=CC(c4cc(-c5ccccc5)cc(-c5ccccc5)n4)=CC3)N=C(c3ccc(-c4cc(-c5ccccc5)nc(-c5ccccc5)c4)cc3)C2=C1. The standard InChI is InChI=1S/C55H41N3/c1-5-15-38(16-6-1)47-34-50(40-17-7-2-8-18-40)57-53(35-47)43-27-29-44(30-28-43)54-33-46-23-13-14-24-49(46)55(58-54)45-31-25-39(26-32-45)48-36-51(41-19-9-3-10-20-41)56-52(37-48)42-21-11-4-12-22-42/h1-22,24-29,31-37,44,46H,23,30H2. The average molecular weight is 744 g/mol. The van der Waals surface area contributed by atoms with E-state index in [1.54, 1.807) is 0 Å². The summed E-state index contributed by atoms with van der Waals surface area (Å²) in [5.74, 6) is 0.478. The Morgan fingerprint density at radius 2 is 0.914 bits per heavy atom. The Morgan fingerprint density at radius 3 is 1.45 bits per heavy atom. The third kappa shape index (κ3) is 7.26. The molecule has 3 aliphatic rings. The maximum absolute atomic E-state index is 5.44. The van der Waals surface area contributed by atoms with Gasteiger partial charge in [-0.05, 0) is 70.5 Å². The first-order chi connectivity index (χ1) is 28.7. The van der Waals surface area contributed by atoms with Gasteiger partial charge in [0.2, 0.25) is 0 Å². The molecule has 0 spiro atoms. The van der Waals surface area contributed by atoms with Gasteiger partial charge in [0.25, 0.3) is 0 Å². The second-order valence-electron chi connectivity index (χ2n) is 15.1. The van der Waals surface area contributed by atoms with E-state index >= 15 is 0 Å². The van der Waals surface area contributed by atoms with E-state index in [1.165, 1.54) is 11.1 Å². The monoisotopic (exact) mass is 743 g/mol. The van der Waals surface area contributed by atoms with Crippen molar-refractivity contribution in [3.63, 3.8) is 0 Å². The molecule has 0 amide bonds. The zero-order valence-corrected chi connectivity index (χ0v) is 32.1. The zero-order valence-electron chi connectivity index (χ0n) is 32.1. The molecule has 10 rings (SSSR count). The fourth-order valence-corrected chi connectivity index (χ4v) is 8.23. The minimum atomic E-state index is 0.181. The molecule has 276 valence electrons. The largest absolute Gasteiger partial charge is 0.252 e. The van der Waals surface area contributed by atoms with Gasteiger partial charge >= 0.3 is 0 Å². The molecular formula is C55H41N3. The van der Waals surface area contributed by atoms with Gasteiger partial charge in [-0.15, -0.1) is 0 Å². The molecule has 7 aromatic rings. The van der Waals surface area contributed by atoms with Gasteiger partial charge in [-0.25, -0.2) is 9.97 Å². The van der Waals surface area contributed by atoms with Crippen LogP contribution in [0, 0.1) is 11.8 Å². The van der Waals surface area contributed by atoms with Crippen LogP contribution >= 0.6 is 0 Å². The average Bonchev–Trinajstić information content (AvgIpc) is 3.32. The molecule has 58 heavy (non-hydrogen) atoms. The number of fused-ring (bicyclic) bond motifs is 1. The van der Waals surface area contributed by atoms with E-state index in [2.05, 4.69) is 200 Å². The molecule has 2 aliphatic carbocycles. The highest BCUT2D eigenvalue weighted by atomic mass is 14.8. The smallest absolute Gasteiger partial charge is 0.0743 e. The Balaban J connectivity index is 0.953. The molecule has 3 nitrogen and oxygen atoms in total. The van der Waals surface area contributed by atoms with E-state index < -0.39 is 0 Å². The van der Waals surface area contributed by atoms with Gasteiger partial charge in [-0.3, -0.25) is 4.99 Å². The van der Waals surface area contributed by atoms with Crippen molar-refractivity contribution in [3.05, 3.63) is 235 Å². The lowest BCUT2D eigenvalue weighted by Gasteiger charge is -2.28. The molecule has 0 bridgehead atoms. The molecule has 3 heteroatoms. The molecule has 2 atom stereocenters. The van der Waals surface area contributed by atoms with E-state index in [1.807, 2.05) is 12.1 Å². The van der Waals surface area contributed by atoms with E-state index in [0.29, 0.717) is 5.92 Å². The van der Waals surface area contributed by atoms with Crippen LogP contribution in [0.15, 0.2) is 229 Å². The Morgan fingerprint density at radius 1 is 0.431 bits per heavy atom. The van der Waals surface area contributed by atoms with Crippen molar-refractivity contribution in [1.29, 1.82) is 0 Å². The number of rotatable bonds is 8. The van der Waals surface area contributed by atoms with Crippen LogP contribution < -0.4 is 0 Å². The Kier molecular flexibility index (Phi) is 9.54. The minimum absolute atomic E-state index is 0.181. The molecule has 0 saturated carbocycles. The number of pyridine rings is 2. The molecule has 2 unspecified atom stereocenters. The number of aliphatic imine (C=N–C) groups is 1. The van der Waals surface area contributed by atoms with Gasteiger partial charge in [-0.2, -0.15) is 0 Å². The lowest BCUT2D eigenvalue weighted by molar-refractivity contribution is 0.704. The summed E-state index contributed by atoms with van der Waals surface area (Å²) >= 11 is 0. The summed E-state index contributed by atoms with van der Waals surface area (Å²) in [6.07, 6.45) is 17.9. The Hall–Kier alpha value is -7.23. The van der Waals surface area contributed by atoms with Crippen molar-refractivity contribution in [2.45, 2.75) is 12.8 Å². The number of aromatic nitrogens is 2. The van der Waals surface area contributed by atoms with E-state index in [9.17, 15) is 0 Å². The molecule has 2 aromatic heterocycles. The van der Waals surface area contributed by atoms with Crippen molar-refractivity contribution >= 4 is 11.3 Å². The van der Waals surface area contributed by atoms with Crippen LogP contribution in [-0.4, -0.2) is 15.7 Å². The maximum atomic E-state index is 5.44. The van der Waals surface area contributed by atoms with Crippen LogP contribution in [0.25, 0.3) is 61.6 Å². The van der Waals surface area contributed by atoms with Crippen LogP contribution in [0.5, 0.6) is 0 Å². The second kappa shape index (κ2) is 15.7. The maximum Gasteiger partial charge on any atom is 0.0743 e. The number of hydrogen-bond donors (Lipinski definition) is 0. The predicted molar refractivity (Wildman–Crippen MR) is 241 cm³/mol. The third-order valence-electron chi connectivity index (χ3n) is 11.3. The van der Waals surface area contributed by atoms with Crippen LogP contribution in [0.2, 0.25) is 0 Å². The fourth-order valence-electron chi connectivity index (χ4n) is 8.23. The van der Waals surface area contributed by atoms with Crippen LogP contribution in [0.1, 0.15) is 24.1 Å². The van der Waals surface area contributed by atoms with Crippen molar-refractivity contribution < 1.29 is 0 Å². The second-order valence-corrected chi connectivity index (χ2v) is 15.1. The summed E-state index contributed by atoms with van der Waals surface area (Å²) < 4.78 is 0. The first-order valence-electron chi connectivity index (χ1n) is 20.1.